The monoisotopic (exact) mass is 394 g/mol. The molecule has 0 bridgehead atoms. The zero-order chi connectivity index (χ0) is 20.6. The van der Waals surface area contributed by atoms with Gasteiger partial charge in [0.2, 0.25) is 0 Å². The minimum Gasteiger partial charge on any atom is -0.497 e. The summed E-state index contributed by atoms with van der Waals surface area (Å²) in [5.74, 6) is 2.52. The molecular formula is C24H34N4O. The van der Waals surface area contributed by atoms with E-state index in [1.807, 2.05) is 18.2 Å². The Hall–Kier alpha value is -2.53. The van der Waals surface area contributed by atoms with Gasteiger partial charge in [-0.2, -0.15) is 0 Å². The lowest BCUT2D eigenvalue weighted by Crippen LogP contribution is -2.34. The molecule has 1 aliphatic rings. The number of nitrogens with two attached hydrogens (primary N) is 1. The summed E-state index contributed by atoms with van der Waals surface area (Å²) in [4.78, 5) is 7.11. The van der Waals surface area contributed by atoms with Crippen LogP contribution in [0.5, 0.6) is 5.75 Å². The summed E-state index contributed by atoms with van der Waals surface area (Å²) in [5, 5.41) is 3.23. The summed E-state index contributed by atoms with van der Waals surface area (Å²) in [6.45, 7) is 8.38. The molecule has 156 valence electrons. The molecule has 3 rings (SSSR count). The van der Waals surface area contributed by atoms with Crippen molar-refractivity contribution in [2.24, 2.45) is 16.6 Å². The van der Waals surface area contributed by atoms with Crippen molar-refractivity contribution in [3.63, 3.8) is 0 Å². The molecule has 1 aliphatic heterocycles. The van der Waals surface area contributed by atoms with Crippen LogP contribution in [0.15, 0.2) is 53.5 Å². The number of hydrogen-bond acceptors (Lipinski definition) is 3. The number of likely N-dealkylation sites (tertiary alicyclic amines) is 1. The van der Waals surface area contributed by atoms with Crippen LogP contribution in [0.25, 0.3) is 0 Å². The Morgan fingerprint density at radius 2 is 1.90 bits per heavy atom. The molecule has 1 fully saturated rings. The van der Waals surface area contributed by atoms with E-state index >= 15 is 0 Å². The Kier molecular flexibility index (Phi) is 7.53. The van der Waals surface area contributed by atoms with Gasteiger partial charge in [0.15, 0.2) is 5.96 Å². The highest BCUT2D eigenvalue weighted by molar-refractivity contribution is 5.92. The highest BCUT2D eigenvalue weighted by Gasteiger charge is 2.19. The normalized spacial score (nSPS) is 16.2. The van der Waals surface area contributed by atoms with Crippen LogP contribution in [-0.4, -0.2) is 37.6 Å². The van der Waals surface area contributed by atoms with E-state index in [0.717, 1.165) is 50.5 Å². The number of benzene rings is 2. The molecule has 29 heavy (non-hydrogen) atoms. The van der Waals surface area contributed by atoms with Gasteiger partial charge in [0.05, 0.1) is 7.11 Å². The number of nitrogens with one attached hydrogen (secondary N) is 1. The van der Waals surface area contributed by atoms with Crippen LogP contribution in [0.3, 0.4) is 0 Å². The molecule has 2 aromatic carbocycles. The van der Waals surface area contributed by atoms with Crippen molar-refractivity contribution in [3.8, 4) is 5.75 Å². The molecule has 0 radical (unpaired) electrons. The van der Waals surface area contributed by atoms with Crippen LogP contribution in [0.4, 0.5) is 5.69 Å². The third kappa shape index (κ3) is 6.50. The van der Waals surface area contributed by atoms with Gasteiger partial charge in [-0.3, -0.25) is 9.89 Å². The van der Waals surface area contributed by atoms with Crippen LogP contribution >= 0.6 is 0 Å². The van der Waals surface area contributed by atoms with Gasteiger partial charge in [-0.15, -0.1) is 0 Å². The highest BCUT2D eigenvalue weighted by Crippen LogP contribution is 2.21. The average Bonchev–Trinajstić information content (AvgIpc) is 2.74. The fourth-order valence-corrected chi connectivity index (χ4v) is 3.71. The number of piperidine rings is 1. The minimum atomic E-state index is 0.498. The fourth-order valence-electron chi connectivity index (χ4n) is 3.71. The molecule has 1 heterocycles. The van der Waals surface area contributed by atoms with Crippen LogP contribution in [0.1, 0.15) is 43.7 Å². The van der Waals surface area contributed by atoms with Crippen molar-refractivity contribution < 1.29 is 4.74 Å². The zero-order valence-corrected chi connectivity index (χ0v) is 17.9. The van der Waals surface area contributed by atoms with E-state index in [1.165, 1.54) is 11.1 Å². The number of ether oxygens (including phenoxy) is 1. The van der Waals surface area contributed by atoms with E-state index < -0.39 is 0 Å². The van der Waals surface area contributed by atoms with Crippen LogP contribution in [-0.2, 0) is 6.54 Å². The molecule has 5 heteroatoms. The number of methoxy groups -OCH3 is 1. The summed E-state index contributed by atoms with van der Waals surface area (Å²) < 4.78 is 5.23. The lowest BCUT2D eigenvalue weighted by Gasteiger charge is -2.31. The maximum atomic E-state index is 6.12. The lowest BCUT2D eigenvalue weighted by molar-refractivity contribution is 0.180. The predicted molar refractivity (Wildman–Crippen MR) is 122 cm³/mol. The number of hydrogen-bond donors (Lipinski definition) is 2. The fraction of sp³-hybridized carbons (Fsp3) is 0.458. The van der Waals surface area contributed by atoms with E-state index in [2.05, 4.69) is 59.4 Å². The second kappa shape index (κ2) is 10.3. The van der Waals surface area contributed by atoms with Crippen molar-refractivity contribution in [2.45, 2.75) is 39.2 Å². The van der Waals surface area contributed by atoms with Crippen molar-refractivity contribution in [2.75, 3.05) is 32.1 Å². The van der Waals surface area contributed by atoms with E-state index in [1.54, 1.807) is 7.11 Å². The largest absolute Gasteiger partial charge is 0.497 e. The average molecular weight is 395 g/mol. The van der Waals surface area contributed by atoms with Gasteiger partial charge in [-0.1, -0.05) is 38.1 Å². The smallest absolute Gasteiger partial charge is 0.193 e. The lowest BCUT2D eigenvalue weighted by atomic mass is 9.96. The SMILES string of the molecule is COc1ccc(CN2CCC(CN=C(N)Nc3cccc(C(C)C)c3)CC2)cc1. The molecule has 0 saturated carbocycles. The van der Waals surface area contributed by atoms with Gasteiger partial charge < -0.3 is 15.8 Å². The molecular weight excluding hydrogens is 360 g/mol. The Bertz CT molecular complexity index is 793. The van der Waals surface area contributed by atoms with Crippen LogP contribution in [0.2, 0.25) is 0 Å². The summed E-state index contributed by atoms with van der Waals surface area (Å²) in [6.07, 6.45) is 2.32. The third-order valence-corrected chi connectivity index (χ3v) is 5.62. The van der Waals surface area contributed by atoms with Crippen molar-refractivity contribution in [3.05, 3.63) is 59.7 Å². The molecule has 0 amide bonds. The number of aliphatic imine (C=N–C) groups is 1. The number of nitrogens with zero attached hydrogens (tertiary/aromatic N) is 2. The first kappa shape index (κ1) is 21.2. The van der Waals surface area contributed by atoms with E-state index in [9.17, 15) is 0 Å². The van der Waals surface area contributed by atoms with E-state index in [4.69, 9.17) is 10.5 Å². The summed E-state index contributed by atoms with van der Waals surface area (Å²) in [6, 6.07) is 16.7. The summed E-state index contributed by atoms with van der Waals surface area (Å²) in [7, 11) is 1.70. The highest BCUT2D eigenvalue weighted by atomic mass is 16.5. The molecule has 1 saturated heterocycles. The second-order valence-corrected chi connectivity index (χ2v) is 8.20. The summed E-state index contributed by atoms with van der Waals surface area (Å²) in [5.41, 5.74) is 9.76. The van der Waals surface area contributed by atoms with Crippen LogP contribution in [0, 0.1) is 5.92 Å². The van der Waals surface area contributed by atoms with Gasteiger partial charge in [0, 0.05) is 18.8 Å². The van der Waals surface area contributed by atoms with Gasteiger partial charge in [0.1, 0.15) is 5.75 Å². The first-order valence-electron chi connectivity index (χ1n) is 10.6. The van der Waals surface area contributed by atoms with Crippen molar-refractivity contribution in [1.82, 2.24) is 4.90 Å². The molecule has 0 unspecified atom stereocenters. The van der Waals surface area contributed by atoms with Gasteiger partial charge >= 0.3 is 0 Å². The Labute approximate surface area is 175 Å². The zero-order valence-electron chi connectivity index (χ0n) is 17.9. The molecule has 0 aliphatic carbocycles. The Balaban J connectivity index is 1.43. The topological polar surface area (TPSA) is 62.9 Å². The minimum absolute atomic E-state index is 0.498. The number of anilines is 1. The second-order valence-electron chi connectivity index (χ2n) is 8.20. The molecule has 3 N–H and O–H groups in total. The third-order valence-electron chi connectivity index (χ3n) is 5.62. The van der Waals surface area contributed by atoms with Crippen molar-refractivity contribution in [1.29, 1.82) is 0 Å². The van der Waals surface area contributed by atoms with Crippen molar-refractivity contribution >= 4 is 11.6 Å². The molecule has 0 atom stereocenters. The van der Waals surface area contributed by atoms with Gasteiger partial charge in [-0.25, -0.2) is 0 Å². The Morgan fingerprint density at radius 3 is 2.55 bits per heavy atom. The molecule has 5 nitrogen and oxygen atoms in total. The number of guanidine groups is 1. The maximum absolute atomic E-state index is 6.12. The first-order valence-corrected chi connectivity index (χ1v) is 10.6. The predicted octanol–water partition coefficient (Wildman–Crippen LogP) is 4.46. The molecule has 0 aromatic heterocycles. The van der Waals surface area contributed by atoms with E-state index in [-0.39, 0.29) is 0 Å². The maximum Gasteiger partial charge on any atom is 0.193 e. The van der Waals surface area contributed by atoms with Gasteiger partial charge in [-0.05, 0) is 73.2 Å². The summed E-state index contributed by atoms with van der Waals surface area (Å²) >= 11 is 0. The van der Waals surface area contributed by atoms with Gasteiger partial charge in [0.25, 0.3) is 0 Å². The standard InChI is InChI=1S/C24H34N4O/c1-18(2)21-5-4-6-22(15-21)27-24(25)26-16-19-11-13-28(14-12-19)17-20-7-9-23(29-3)10-8-20/h4-10,15,18-19H,11-14,16-17H2,1-3H3,(H3,25,26,27). The van der Waals surface area contributed by atoms with E-state index in [0.29, 0.717) is 17.8 Å². The molecule has 2 aromatic rings. The van der Waals surface area contributed by atoms with Crippen LogP contribution < -0.4 is 15.8 Å². The molecule has 0 spiro atoms. The first-order chi connectivity index (χ1) is 14.0. The Morgan fingerprint density at radius 1 is 1.17 bits per heavy atom. The quantitative estimate of drug-likeness (QED) is 0.538. The number of rotatable bonds is 7.